The molecule has 1 aliphatic rings. The first-order chi connectivity index (χ1) is 12.5. The molecule has 6 heteroatoms. The Morgan fingerprint density at radius 3 is 3.00 bits per heavy atom. The molecule has 0 fully saturated rings. The lowest BCUT2D eigenvalue weighted by Crippen LogP contribution is -2.42. The van der Waals surface area contributed by atoms with Crippen LogP contribution in [0.4, 0.5) is 0 Å². The zero-order chi connectivity index (χ0) is 18.3. The first kappa shape index (κ1) is 17.6. The summed E-state index contributed by atoms with van der Waals surface area (Å²) in [5.41, 5.74) is 2.39. The van der Waals surface area contributed by atoms with Crippen molar-refractivity contribution in [3.63, 3.8) is 0 Å². The van der Waals surface area contributed by atoms with Gasteiger partial charge in [-0.1, -0.05) is 12.1 Å². The summed E-state index contributed by atoms with van der Waals surface area (Å²) in [6.45, 7) is 5.67. The molecule has 2 atom stereocenters. The molecule has 1 aliphatic heterocycles. The molecule has 0 unspecified atom stereocenters. The van der Waals surface area contributed by atoms with E-state index in [9.17, 15) is 4.79 Å². The Labute approximate surface area is 162 Å². The number of nitrogens with zero attached hydrogens (tertiary/aromatic N) is 3. The standard InChI is InChI=1S/C20H23N3OS2/c1-13-15-9-11-25-17(15)8-10-23(13)12-19(24)22(3)14(2)20-21-16-6-4-5-7-18(16)26-20/h4-7,9,11,13-14H,8,10,12H2,1-3H3/t13-,14-/m0/s1. The minimum atomic E-state index is -0.0169. The third kappa shape index (κ3) is 3.17. The molecule has 0 spiro atoms. The quantitative estimate of drug-likeness (QED) is 0.664. The van der Waals surface area contributed by atoms with E-state index in [0.717, 1.165) is 23.5 Å². The Hall–Kier alpha value is -1.76. The van der Waals surface area contributed by atoms with Crippen molar-refractivity contribution in [1.29, 1.82) is 0 Å². The van der Waals surface area contributed by atoms with E-state index in [0.29, 0.717) is 12.6 Å². The Kier molecular flexibility index (Phi) is 4.82. The second-order valence-electron chi connectivity index (χ2n) is 6.90. The molecule has 3 aromatic rings. The molecular formula is C20H23N3OS2. The molecule has 136 valence electrons. The van der Waals surface area contributed by atoms with Crippen molar-refractivity contribution in [3.8, 4) is 0 Å². The number of fused-ring (bicyclic) bond motifs is 2. The second-order valence-corrected chi connectivity index (χ2v) is 8.96. The van der Waals surface area contributed by atoms with Crippen molar-refractivity contribution in [2.75, 3.05) is 20.1 Å². The van der Waals surface area contributed by atoms with E-state index in [1.807, 2.05) is 41.5 Å². The van der Waals surface area contributed by atoms with Gasteiger partial charge in [0.15, 0.2) is 0 Å². The number of amides is 1. The summed E-state index contributed by atoms with van der Waals surface area (Å²) in [5.74, 6) is 0.155. The molecule has 0 N–H and O–H groups in total. The Morgan fingerprint density at radius 2 is 2.19 bits per heavy atom. The SMILES string of the molecule is C[C@H]1c2ccsc2CCN1CC(=O)N(C)[C@@H](C)c1nc2ccccc2s1. The van der Waals surface area contributed by atoms with Gasteiger partial charge in [-0.05, 0) is 49.4 Å². The lowest BCUT2D eigenvalue weighted by Gasteiger charge is -2.34. The van der Waals surface area contributed by atoms with Crippen LogP contribution in [0.2, 0.25) is 0 Å². The molecule has 26 heavy (non-hydrogen) atoms. The monoisotopic (exact) mass is 385 g/mol. The van der Waals surface area contributed by atoms with Crippen molar-refractivity contribution in [2.24, 2.45) is 0 Å². The third-order valence-electron chi connectivity index (χ3n) is 5.38. The normalized spacial score (nSPS) is 18.7. The fourth-order valence-electron chi connectivity index (χ4n) is 3.51. The van der Waals surface area contributed by atoms with Crippen LogP contribution < -0.4 is 0 Å². The average Bonchev–Trinajstić information content (AvgIpc) is 3.29. The van der Waals surface area contributed by atoms with Gasteiger partial charge in [0.1, 0.15) is 5.01 Å². The van der Waals surface area contributed by atoms with Crippen molar-refractivity contribution < 1.29 is 4.79 Å². The number of carbonyl (C=O) groups is 1. The summed E-state index contributed by atoms with van der Waals surface area (Å²) in [6.07, 6.45) is 1.04. The van der Waals surface area contributed by atoms with Gasteiger partial charge in [-0.2, -0.15) is 0 Å². The van der Waals surface area contributed by atoms with Crippen LogP contribution >= 0.6 is 22.7 Å². The first-order valence-electron chi connectivity index (χ1n) is 8.96. The predicted octanol–water partition coefficient (Wildman–Crippen LogP) is 4.50. The number of likely N-dealkylation sites (N-methyl/N-ethyl adjacent to an activating group) is 1. The van der Waals surface area contributed by atoms with Crippen molar-refractivity contribution in [1.82, 2.24) is 14.8 Å². The third-order valence-corrected chi connectivity index (χ3v) is 7.59. The number of hydrogen-bond donors (Lipinski definition) is 0. The highest BCUT2D eigenvalue weighted by Gasteiger charge is 2.28. The number of carbonyl (C=O) groups excluding carboxylic acids is 1. The number of hydrogen-bond acceptors (Lipinski definition) is 5. The van der Waals surface area contributed by atoms with Crippen LogP contribution in [-0.4, -0.2) is 40.8 Å². The van der Waals surface area contributed by atoms with Gasteiger partial charge in [0, 0.05) is 24.5 Å². The zero-order valence-corrected chi connectivity index (χ0v) is 16.9. The fraction of sp³-hybridized carbons (Fsp3) is 0.400. The number of para-hydroxylation sites is 1. The average molecular weight is 386 g/mol. The molecule has 1 aromatic carbocycles. The predicted molar refractivity (Wildman–Crippen MR) is 109 cm³/mol. The maximum Gasteiger partial charge on any atom is 0.237 e. The van der Waals surface area contributed by atoms with Gasteiger partial charge in [-0.25, -0.2) is 4.98 Å². The number of rotatable bonds is 4. The Bertz CT molecular complexity index is 899. The molecule has 4 rings (SSSR count). The highest BCUT2D eigenvalue weighted by atomic mass is 32.1. The highest BCUT2D eigenvalue weighted by molar-refractivity contribution is 7.18. The summed E-state index contributed by atoms with van der Waals surface area (Å²) < 4.78 is 1.17. The first-order valence-corrected chi connectivity index (χ1v) is 10.7. The lowest BCUT2D eigenvalue weighted by atomic mass is 10.0. The minimum absolute atomic E-state index is 0.0169. The zero-order valence-electron chi connectivity index (χ0n) is 15.3. The maximum atomic E-state index is 12.9. The summed E-state index contributed by atoms with van der Waals surface area (Å²) in [6, 6.07) is 10.6. The van der Waals surface area contributed by atoms with Crippen LogP contribution in [0.1, 0.15) is 41.4 Å². The number of aromatic nitrogens is 1. The topological polar surface area (TPSA) is 36.4 Å². The smallest absolute Gasteiger partial charge is 0.237 e. The van der Waals surface area contributed by atoms with Gasteiger partial charge in [0.05, 0.1) is 22.8 Å². The Morgan fingerprint density at radius 1 is 1.38 bits per heavy atom. The molecule has 1 amide bonds. The van der Waals surface area contributed by atoms with E-state index in [-0.39, 0.29) is 11.9 Å². The second kappa shape index (κ2) is 7.10. The number of thiazole rings is 1. The summed E-state index contributed by atoms with van der Waals surface area (Å²) in [4.78, 5) is 23.2. The van der Waals surface area contributed by atoms with Gasteiger partial charge in [0.2, 0.25) is 5.91 Å². The minimum Gasteiger partial charge on any atom is -0.335 e. The van der Waals surface area contributed by atoms with E-state index in [1.165, 1.54) is 15.1 Å². The van der Waals surface area contributed by atoms with E-state index in [1.54, 1.807) is 11.3 Å². The van der Waals surface area contributed by atoms with Crippen LogP contribution in [0.25, 0.3) is 10.2 Å². The fourth-order valence-corrected chi connectivity index (χ4v) is 5.54. The van der Waals surface area contributed by atoms with Crippen LogP contribution in [0.5, 0.6) is 0 Å². The molecular weight excluding hydrogens is 362 g/mol. The van der Waals surface area contributed by atoms with Crippen LogP contribution in [-0.2, 0) is 11.2 Å². The van der Waals surface area contributed by atoms with Gasteiger partial charge >= 0.3 is 0 Å². The van der Waals surface area contributed by atoms with Gasteiger partial charge in [0.25, 0.3) is 0 Å². The van der Waals surface area contributed by atoms with Crippen LogP contribution in [0.15, 0.2) is 35.7 Å². The van der Waals surface area contributed by atoms with Crippen molar-refractivity contribution in [2.45, 2.75) is 32.4 Å². The van der Waals surface area contributed by atoms with E-state index >= 15 is 0 Å². The van der Waals surface area contributed by atoms with Crippen molar-refractivity contribution in [3.05, 3.63) is 51.2 Å². The molecule has 0 radical (unpaired) electrons. The maximum absolute atomic E-state index is 12.9. The van der Waals surface area contributed by atoms with Crippen LogP contribution in [0, 0.1) is 0 Å². The van der Waals surface area contributed by atoms with Gasteiger partial charge in [-0.3, -0.25) is 9.69 Å². The van der Waals surface area contributed by atoms with E-state index in [4.69, 9.17) is 4.98 Å². The summed E-state index contributed by atoms with van der Waals surface area (Å²) in [7, 11) is 1.89. The molecule has 0 aliphatic carbocycles. The number of benzene rings is 1. The summed E-state index contributed by atoms with van der Waals surface area (Å²) >= 11 is 3.50. The molecule has 0 saturated carbocycles. The molecule has 4 nitrogen and oxygen atoms in total. The number of thiophene rings is 1. The Balaban J connectivity index is 1.46. The molecule has 0 saturated heterocycles. The lowest BCUT2D eigenvalue weighted by molar-refractivity contribution is -0.133. The van der Waals surface area contributed by atoms with E-state index in [2.05, 4.69) is 36.3 Å². The molecule has 0 bridgehead atoms. The summed E-state index contributed by atoms with van der Waals surface area (Å²) in [5, 5.41) is 3.15. The van der Waals surface area contributed by atoms with Gasteiger partial charge in [-0.15, -0.1) is 22.7 Å². The van der Waals surface area contributed by atoms with E-state index < -0.39 is 0 Å². The molecule has 2 aromatic heterocycles. The molecule has 3 heterocycles. The highest BCUT2D eigenvalue weighted by Crippen LogP contribution is 2.33. The van der Waals surface area contributed by atoms with Crippen molar-refractivity contribution >= 4 is 38.8 Å². The van der Waals surface area contributed by atoms with Gasteiger partial charge < -0.3 is 4.90 Å². The van der Waals surface area contributed by atoms with Crippen LogP contribution in [0.3, 0.4) is 0 Å². The largest absolute Gasteiger partial charge is 0.335 e.